The predicted octanol–water partition coefficient (Wildman–Crippen LogP) is -2.51. The van der Waals surface area contributed by atoms with Gasteiger partial charge in [-0.05, 0) is 76.8 Å². The molecule has 19 nitrogen and oxygen atoms in total. The van der Waals surface area contributed by atoms with Crippen LogP contribution in [0.4, 0.5) is 0 Å². The summed E-state index contributed by atoms with van der Waals surface area (Å²) in [4.78, 5) is 99.2. The molecule has 5 amide bonds. The van der Waals surface area contributed by atoms with Gasteiger partial charge < -0.3 is 59.1 Å². The summed E-state index contributed by atoms with van der Waals surface area (Å²) in [5, 5.41) is 39.4. The Kier molecular flexibility index (Phi) is 22.5. The Balaban J connectivity index is 6.15. The maximum absolute atomic E-state index is 13.5. The van der Waals surface area contributed by atoms with Gasteiger partial charge in [0.15, 0.2) is 0 Å². The molecule has 280 valence electrons. The molecule has 0 aliphatic carbocycles. The van der Waals surface area contributed by atoms with Crippen LogP contribution >= 0.6 is 0 Å². The highest BCUT2D eigenvalue weighted by Gasteiger charge is 2.32. The standard InChI is InChI=1S/C30H54N8O11/c1-17(2)15-18(33)26(45)35-21(9-11-23(39)40)29(48)38-22(10-12-24(41)42)30(49)37-20(8-4-6-14-32)28(47)36-19(7-3-5-13-31)27(46)34-16-25(43)44/h17-22H,3-16,31-33H2,1-2H3,(H,34,46)(H,35,45)(H,36,47)(H,37,49)(H,38,48)(H,39,40)(H,41,42)(H,43,44)/t18-,19-,20-,21-,22-/m0/s1. The maximum Gasteiger partial charge on any atom is 0.322 e. The molecule has 19 heteroatoms. The van der Waals surface area contributed by atoms with Crippen LogP contribution in [0, 0.1) is 5.92 Å². The summed E-state index contributed by atoms with van der Waals surface area (Å²) in [6, 6.07) is -6.45. The van der Waals surface area contributed by atoms with Crippen LogP contribution in [0.3, 0.4) is 0 Å². The second kappa shape index (κ2) is 24.7. The molecule has 0 radical (unpaired) electrons. The molecule has 0 saturated carbocycles. The first-order valence-corrected chi connectivity index (χ1v) is 16.3. The van der Waals surface area contributed by atoms with Crippen LogP contribution in [0.25, 0.3) is 0 Å². The predicted molar refractivity (Wildman–Crippen MR) is 175 cm³/mol. The van der Waals surface area contributed by atoms with Crippen LogP contribution in [0.5, 0.6) is 0 Å². The van der Waals surface area contributed by atoms with E-state index in [1.807, 2.05) is 13.8 Å². The molecular formula is C30H54N8O11. The van der Waals surface area contributed by atoms with Crippen molar-refractivity contribution in [2.24, 2.45) is 23.1 Å². The summed E-state index contributed by atoms with van der Waals surface area (Å²) >= 11 is 0. The lowest BCUT2D eigenvalue weighted by molar-refractivity contribution is -0.140. The van der Waals surface area contributed by atoms with Gasteiger partial charge in [-0.2, -0.15) is 0 Å². The third-order valence-corrected chi connectivity index (χ3v) is 7.20. The van der Waals surface area contributed by atoms with Crippen LogP contribution < -0.4 is 43.8 Å². The second-order valence-electron chi connectivity index (χ2n) is 12.0. The highest BCUT2D eigenvalue weighted by atomic mass is 16.4. The minimum absolute atomic E-state index is 0.0334. The molecule has 0 spiro atoms. The van der Waals surface area contributed by atoms with Gasteiger partial charge in [-0.25, -0.2) is 0 Å². The third kappa shape index (κ3) is 20.6. The van der Waals surface area contributed by atoms with Crippen LogP contribution in [0.1, 0.15) is 84.5 Å². The third-order valence-electron chi connectivity index (χ3n) is 7.20. The van der Waals surface area contributed by atoms with Crippen LogP contribution in [-0.2, 0) is 38.4 Å². The molecule has 5 atom stereocenters. The number of unbranched alkanes of at least 4 members (excludes halogenated alkanes) is 2. The van der Waals surface area contributed by atoms with Gasteiger partial charge >= 0.3 is 17.9 Å². The van der Waals surface area contributed by atoms with Crippen LogP contribution in [0.2, 0.25) is 0 Å². The fraction of sp³-hybridized carbons (Fsp3) is 0.733. The minimum atomic E-state index is -1.54. The molecule has 14 N–H and O–H groups in total. The number of carbonyl (C=O) groups is 8. The summed E-state index contributed by atoms with van der Waals surface area (Å²) in [5.74, 6) is -8.06. The quantitative estimate of drug-likeness (QED) is 0.0394. The van der Waals surface area contributed by atoms with Crippen molar-refractivity contribution in [3.05, 3.63) is 0 Å². The molecule has 49 heavy (non-hydrogen) atoms. The van der Waals surface area contributed by atoms with E-state index in [0.717, 1.165) is 0 Å². The fourth-order valence-electron chi connectivity index (χ4n) is 4.59. The number of hydrogen-bond donors (Lipinski definition) is 11. The molecule has 0 aliphatic rings. The Morgan fingerprint density at radius 1 is 0.531 bits per heavy atom. The number of hydrogen-bond acceptors (Lipinski definition) is 11. The monoisotopic (exact) mass is 702 g/mol. The van der Waals surface area contributed by atoms with E-state index in [0.29, 0.717) is 32.2 Å². The lowest BCUT2D eigenvalue weighted by Crippen LogP contribution is -2.59. The minimum Gasteiger partial charge on any atom is -0.481 e. The first-order valence-electron chi connectivity index (χ1n) is 16.3. The summed E-state index contributed by atoms with van der Waals surface area (Å²) in [6.45, 7) is 3.54. The number of carboxylic acid groups (broad SMARTS) is 3. The average Bonchev–Trinajstić information content (AvgIpc) is 3.01. The van der Waals surface area contributed by atoms with Crippen molar-refractivity contribution in [1.29, 1.82) is 0 Å². The number of amides is 5. The average molecular weight is 703 g/mol. The number of rotatable bonds is 27. The van der Waals surface area contributed by atoms with E-state index < -0.39 is 103 Å². The van der Waals surface area contributed by atoms with E-state index in [4.69, 9.17) is 22.3 Å². The number of nitrogens with two attached hydrogens (primary N) is 3. The van der Waals surface area contributed by atoms with Gasteiger partial charge in [0.1, 0.15) is 30.7 Å². The van der Waals surface area contributed by atoms with Gasteiger partial charge in [-0.15, -0.1) is 0 Å². The molecule has 0 aliphatic heterocycles. The number of nitrogens with one attached hydrogen (secondary N) is 5. The highest BCUT2D eigenvalue weighted by molar-refractivity contribution is 5.96. The molecule has 0 heterocycles. The summed E-state index contributed by atoms with van der Waals surface area (Å²) in [6.07, 6.45) is 0.238. The number of aliphatic carboxylic acids is 3. The van der Waals surface area contributed by atoms with Crippen LogP contribution in [0.15, 0.2) is 0 Å². The first kappa shape index (κ1) is 44.6. The maximum atomic E-state index is 13.5. The summed E-state index contributed by atoms with van der Waals surface area (Å²) in [5.41, 5.74) is 17.0. The SMILES string of the molecule is CC(C)C[C@H](N)C(=O)N[C@@H](CCC(=O)O)C(=O)N[C@@H](CCC(=O)O)C(=O)N[C@@H](CCCCN)C(=O)N[C@@H](CCCCN)C(=O)NCC(=O)O. The van der Waals surface area contributed by atoms with Gasteiger partial charge in [0.25, 0.3) is 0 Å². The molecule has 0 bridgehead atoms. The summed E-state index contributed by atoms with van der Waals surface area (Å²) in [7, 11) is 0. The van der Waals surface area contributed by atoms with Gasteiger partial charge in [-0.1, -0.05) is 13.8 Å². The van der Waals surface area contributed by atoms with E-state index >= 15 is 0 Å². The molecule has 0 aromatic heterocycles. The second-order valence-corrected chi connectivity index (χ2v) is 12.0. The Bertz CT molecular complexity index is 1120. The summed E-state index contributed by atoms with van der Waals surface area (Å²) < 4.78 is 0. The van der Waals surface area contributed by atoms with Crippen molar-refractivity contribution in [2.75, 3.05) is 19.6 Å². The van der Waals surface area contributed by atoms with E-state index in [2.05, 4.69) is 26.6 Å². The van der Waals surface area contributed by atoms with E-state index in [-0.39, 0.29) is 38.1 Å². The molecule has 0 rings (SSSR count). The molecule has 0 aromatic rings. The van der Waals surface area contributed by atoms with Crippen molar-refractivity contribution in [2.45, 2.75) is 115 Å². The lowest BCUT2D eigenvalue weighted by atomic mass is 10.0. The fourth-order valence-corrected chi connectivity index (χ4v) is 4.59. The topological polar surface area (TPSA) is 335 Å². The van der Waals surface area contributed by atoms with Crippen molar-refractivity contribution in [3.8, 4) is 0 Å². The Morgan fingerprint density at radius 2 is 0.898 bits per heavy atom. The smallest absolute Gasteiger partial charge is 0.322 e. The lowest BCUT2D eigenvalue weighted by Gasteiger charge is -2.27. The van der Waals surface area contributed by atoms with Crippen molar-refractivity contribution >= 4 is 47.4 Å². The van der Waals surface area contributed by atoms with E-state index in [1.54, 1.807) is 0 Å². The van der Waals surface area contributed by atoms with Gasteiger partial charge in [0.2, 0.25) is 29.5 Å². The number of carbonyl (C=O) groups excluding carboxylic acids is 5. The molecule has 0 unspecified atom stereocenters. The Hall–Kier alpha value is -4.36. The molecule has 0 aromatic carbocycles. The van der Waals surface area contributed by atoms with E-state index in [9.17, 15) is 48.6 Å². The van der Waals surface area contributed by atoms with Gasteiger partial charge in [0.05, 0.1) is 6.04 Å². The number of carboxylic acids is 3. The molecular weight excluding hydrogens is 648 g/mol. The normalized spacial score (nSPS) is 14.0. The zero-order valence-electron chi connectivity index (χ0n) is 28.2. The van der Waals surface area contributed by atoms with Gasteiger partial charge in [-0.3, -0.25) is 38.4 Å². The molecule has 0 fully saturated rings. The van der Waals surface area contributed by atoms with Crippen molar-refractivity contribution in [3.63, 3.8) is 0 Å². The van der Waals surface area contributed by atoms with Crippen molar-refractivity contribution < 1.29 is 53.7 Å². The molecule has 0 saturated heterocycles. The largest absolute Gasteiger partial charge is 0.481 e. The van der Waals surface area contributed by atoms with Crippen molar-refractivity contribution in [1.82, 2.24) is 26.6 Å². The Labute approximate surface area is 285 Å². The zero-order valence-corrected chi connectivity index (χ0v) is 28.2. The van der Waals surface area contributed by atoms with Gasteiger partial charge in [0, 0.05) is 12.8 Å². The van der Waals surface area contributed by atoms with Crippen LogP contribution in [-0.4, -0.2) is 113 Å². The Morgan fingerprint density at radius 3 is 1.24 bits per heavy atom. The first-order chi connectivity index (χ1) is 23.0. The van der Waals surface area contributed by atoms with E-state index in [1.165, 1.54) is 0 Å². The zero-order chi connectivity index (χ0) is 37.5. The highest BCUT2D eigenvalue weighted by Crippen LogP contribution is 2.09.